The lowest BCUT2D eigenvalue weighted by Gasteiger charge is -2.00. The van der Waals surface area contributed by atoms with Gasteiger partial charge in [-0.3, -0.25) is 0 Å². The van der Waals surface area contributed by atoms with Gasteiger partial charge in [0.15, 0.2) is 0 Å². The maximum absolute atomic E-state index is 11.7. The molecule has 15 heavy (non-hydrogen) atoms. The van der Waals surface area contributed by atoms with Crippen LogP contribution in [-0.2, 0) is 17.7 Å². The second-order valence-corrected chi connectivity index (χ2v) is 4.17. The van der Waals surface area contributed by atoms with E-state index in [0.29, 0.717) is 13.0 Å². The molecule has 0 saturated heterocycles. The molecule has 0 saturated carbocycles. The number of alkyl halides is 2. The average Bonchev–Trinajstić information content (AvgIpc) is 2.61. The van der Waals surface area contributed by atoms with Crippen LogP contribution in [0.15, 0.2) is 6.20 Å². The summed E-state index contributed by atoms with van der Waals surface area (Å²) in [4.78, 5) is 5.30. The summed E-state index contributed by atoms with van der Waals surface area (Å²) in [5.41, 5.74) is 0. The van der Waals surface area contributed by atoms with Crippen molar-refractivity contribution in [3.8, 4) is 0 Å². The van der Waals surface area contributed by atoms with E-state index in [4.69, 9.17) is 4.74 Å². The van der Waals surface area contributed by atoms with Crippen molar-refractivity contribution in [2.24, 2.45) is 0 Å². The zero-order valence-electron chi connectivity index (χ0n) is 8.50. The number of aromatic nitrogens is 1. The van der Waals surface area contributed by atoms with Gasteiger partial charge in [0.1, 0.15) is 6.61 Å². The number of nitrogens with one attached hydrogen (secondary N) is 1. The Hall–Kier alpha value is -0.590. The fourth-order valence-corrected chi connectivity index (χ4v) is 1.97. The van der Waals surface area contributed by atoms with Gasteiger partial charge in [-0.2, -0.15) is 0 Å². The molecule has 1 N–H and O–H groups in total. The van der Waals surface area contributed by atoms with Crippen molar-refractivity contribution in [3.05, 3.63) is 16.1 Å². The second-order valence-electron chi connectivity index (χ2n) is 2.97. The number of hydrogen-bond donors (Lipinski definition) is 1. The minimum atomic E-state index is -2.39. The number of thiazole rings is 1. The van der Waals surface area contributed by atoms with Gasteiger partial charge in [-0.1, -0.05) is 0 Å². The standard InChI is InChI=1S/C9H14F2N2OS/c1-12-4-7-5-13-9(15-7)2-3-14-6-8(10)11/h5,8,12H,2-4,6H2,1H3. The largest absolute Gasteiger partial charge is 0.375 e. The molecule has 86 valence electrons. The molecule has 1 rings (SSSR count). The van der Waals surface area contributed by atoms with Crippen LogP contribution in [0.4, 0.5) is 8.78 Å². The molecule has 0 atom stereocenters. The molecule has 3 nitrogen and oxygen atoms in total. The van der Waals surface area contributed by atoms with Gasteiger partial charge in [-0.05, 0) is 7.05 Å². The van der Waals surface area contributed by atoms with E-state index in [0.717, 1.165) is 16.4 Å². The van der Waals surface area contributed by atoms with Gasteiger partial charge in [0, 0.05) is 24.0 Å². The normalized spacial score (nSPS) is 11.2. The molecule has 0 spiro atoms. The Morgan fingerprint density at radius 3 is 3.07 bits per heavy atom. The van der Waals surface area contributed by atoms with Gasteiger partial charge in [-0.25, -0.2) is 13.8 Å². The van der Waals surface area contributed by atoms with Crippen molar-refractivity contribution in [1.82, 2.24) is 10.3 Å². The molecule has 0 unspecified atom stereocenters. The van der Waals surface area contributed by atoms with Crippen LogP contribution in [0, 0.1) is 0 Å². The second kappa shape index (κ2) is 6.81. The molecule has 6 heteroatoms. The molecule has 0 aliphatic rings. The summed E-state index contributed by atoms with van der Waals surface area (Å²) in [6, 6.07) is 0. The van der Waals surface area contributed by atoms with E-state index in [1.165, 1.54) is 0 Å². The highest BCUT2D eigenvalue weighted by Gasteiger charge is 2.04. The van der Waals surface area contributed by atoms with E-state index in [-0.39, 0.29) is 0 Å². The van der Waals surface area contributed by atoms with Crippen molar-refractivity contribution >= 4 is 11.3 Å². The van der Waals surface area contributed by atoms with E-state index in [2.05, 4.69) is 10.3 Å². The smallest absolute Gasteiger partial charge is 0.261 e. The van der Waals surface area contributed by atoms with Gasteiger partial charge in [-0.15, -0.1) is 11.3 Å². The highest BCUT2D eigenvalue weighted by atomic mass is 32.1. The summed E-state index contributed by atoms with van der Waals surface area (Å²) in [5, 5.41) is 3.94. The van der Waals surface area contributed by atoms with Crippen LogP contribution in [-0.4, -0.2) is 31.7 Å². The maximum atomic E-state index is 11.7. The minimum absolute atomic E-state index is 0.302. The van der Waals surface area contributed by atoms with Crippen LogP contribution in [0.25, 0.3) is 0 Å². The molecule has 0 bridgehead atoms. The average molecular weight is 236 g/mol. The molecule has 0 aliphatic carbocycles. The Balaban J connectivity index is 2.19. The van der Waals surface area contributed by atoms with Gasteiger partial charge < -0.3 is 10.1 Å². The summed E-state index contributed by atoms with van der Waals surface area (Å²) in [6.07, 6.45) is 0.00574. The molecule has 1 aromatic rings. The molecular formula is C9H14F2N2OS. The molecule has 0 radical (unpaired) electrons. The zero-order chi connectivity index (χ0) is 11.1. The molecule has 0 fully saturated rings. The Bertz CT molecular complexity index is 281. The van der Waals surface area contributed by atoms with Gasteiger partial charge in [0.25, 0.3) is 6.43 Å². The first kappa shape index (κ1) is 12.5. The van der Waals surface area contributed by atoms with Crippen molar-refractivity contribution in [2.45, 2.75) is 19.4 Å². The molecule has 0 aromatic carbocycles. The zero-order valence-corrected chi connectivity index (χ0v) is 9.32. The Labute approximate surface area is 91.5 Å². The highest BCUT2D eigenvalue weighted by Crippen LogP contribution is 2.13. The van der Waals surface area contributed by atoms with Gasteiger partial charge in [0.05, 0.1) is 11.6 Å². The molecule has 0 amide bonds. The van der Waals surface area contributed by atoms with Gasteiger partial charge in [0.2, 0.25) is 0 Å². The number of rotatable bonds is 7. The van der Waals surface area contributed by atoms with Crippen molar-refractivity contribution in [1.29, 1.82) is 0 Å². The first-order chi connectivity index (χ1) is 7.22. The molecule has 1 heterocycles. The quantitative estimate of drug-likeness (QED) is 0.731. The lowest BCUT2D eigenvalue weighted by Crippen LogP contribution is -2.06. The fraction of sp³-hybridized carbons (Fsp3) is 0.667. The van der Waals surface area contributed by atoms with E-state index < -0.39 is 13.0 Å². The highest BCUT2D eigenvalue weighted by molar-refractivity contribution is 7.11. The summed E-state index contributed by atoms with van der Waals surface area (Å²) in [5.74, 6) is 0. The topological polar surface area (TPSA) is 34.2 Å². The van der Waals surface area contributed by atoms with Crippen LogP contribution in [0.3, 0.4) is 0 Å². The predicted octanol–water partition coefficient (Wildman–Crippen LogP) is 1.69. The van der Waals surface area contributed by atoms with Crippen molar-refractivity contribution in [2.75, 3.05) is 20.3 Å². The van der Waals surface area contributed by atoms with Crippen molar-refractivity contribution < 1.29 is 13.5 Å². The number of hydrogen-bond acceptors (Lipinski definition) is 4. The summed E-state index contributed by atoms with van der Waals surface area (Å²) in [7, 11) is 1.87. The van der Waals surface area contributed by atoms with Gasteiger partial charge >= 0.3 is 0 Å². The van der Waals surface area contributed by atoms with Crippen LogP contribution in [0.5, 0.6) is 0 Å². The maximum Gasteiger partial charge on any atom is 0.261 e. The molecule has 1 aromatic heterocycles. The lowest BCUT2D eigenvalue weighted by molar-refractivity contribution is 0.0187. The van der Waals surface area contributed by atoms with Crippen LogP contribution in [0.2, 0.25) is 0 Å². The van der Waals surface area contributed by atoms with E-state index in [1.807, 2.05) is 7.05 Å². The SMILES string of the molecule is CNCc1cnc(CCOCC(F)F)s1. The Kier molecular flexibility index (Phi) is 5.67. The van der Waals surface area contributed by atoms with E-state index in [1.54, 1.807) is 17.5 Å². The predicted molar refractivity (Wildman–Crippen MR) is 55.4 cm³/mol. The Morgan fingerprint density at radius 1 is 1.60 bits per heavy atom. The summed E-state index contributed by atoms with van der Waals surface area (Å²) >= 11 is 1.58. The number of halogens is 2. The number of ether oxygens (including phenoxy) is 1. The van der Waals surface area contributed by atoms with E-state index >= 15 is 0 Å². The molecular weight excluding hydrogens is 222 g/mol. The third-order valence-corrected chi connectivity index (χ3v) is 2.71. The summed E-state index contributed by atoms with van der Waals surface area (Å²) in [6.45, 7) is 0.598. The van der Waals surface area contributed by atoms with Crippen LogP contribution in [0.1, 0.15) is 9.88 Å². The minimum Gasteiger partial charge on any atom is -0.375 e. The number of nitrogens with zero attached hydrogens (tertiary/aromatic N) is 1. The molecule has 0 aliphatic heterocycles. The van der Waals surface area contributed by atoms with Crippen molar-refractivity contribution in [3.63, 3.8) is 0 Å². The lowest BCUT2D eigenvalue weighted by atomic mass is 10.5. The van der Waals surface area contributed by atoms with E-state index in [9.17, 15) is 8.78 Å². The van der Waals surface area contributed by atoms with Crippen LogP contribution < -0.4 is 5.32 Å². The van der Waals surface area contributed by atoms with Crippen LogP contribution >= 0.6 is 11.3 Å². The summed E-state index contributed by atoms with van der Waals surface area (Å²) < 4.78 is 28.2. The third-order valence-electron chi connectivity index (χ3n) is 1.66. The first-order valence-corrected chi connectivity index (χ1v) is 5.48. The fourth-order valence-electron chi connectivity index (χ4n) is 1.05. The first-order valence-electron chi connectivity index (χ1n) is 4.66. The Morgan fingerprint density at radius 2 is 2.40 bits per heavy atom. The third kappa shape index (κ3) is 5.15. The monoisotopic (exact) mass is 236 g/mol.